The monoisotopic (exact) mass is 1140 g/mol. The second-order valence-corrected chi connectivity index (χ2v) is 18.2. The number of benzene rings is 6. The number of aryl methyl sites for hydroxylation is 5. The highest BCUT2D eigenvalue weighted by atomic mass is 79.9. The lowest BCUT2D eigenvalue weighted by Crippen LogP contribution is -2.27. The van der Waals surface area contributed by atoms with Gasteiger partial charge in [-0.15, -0.1) is 5.10 Å². The van der Waals surface area contributed by atoms with E-state index in [1.54, 1.807) is 66.6 Å². The molecule has 7 rings (SSSR count). The first-order chi connectivity index (χ1) is 38.3. The number of aromatic amines is 1. The van der Waals surface area contributed by atoms with Crippen LogP contribution in [0.25, 0.3) is 11.3 Å². The van der Waals surface area contributed by atoms with Crippen molar-refractivity contribution in [2.75, 3.05) is 53.6 Å². The first-order valence-corrected chi connectivity index (χ1v) is 27.1. The molecule has 0 bridgehead atoms. The Balaban J connectivity index is 0.000000287. The number of nitrogens with two attached hydrogens (primary N) is 2. The second-order valence-electron chi connectivity index (χ2n) is 17.4. The van der Waals surface area contributed by atoms with E-state index in [4.69, 9.17) is 33.2 Å². The third-order valence-corrected chi connectivity index (χ3v) is 12.3. The third-order valence-electron chi connectivity index (χ3n) is 11.9. The normalized spacial score (nSPS) is 10.4. The van der Waals surface area contributed by atoms with Crippen LogP contribution in [0.5, 0.6) is 28.9 Å². The quantitative estimate of drug-likeness (QED) is 0.0136. The van der Waals surface area contributed by atoms with Gasteiger partial charge >= 0.3 is 11.9 Å². The summed E-state index contributed by atoms with van der Waals surface area (Å²) in [5.74, 6) is 9.97. The van der Waals surface area contributed by atoms with Crippen LogP contribution in [-0.2, 0) is 44.7 Å². The summed E-state index contributed by atoms with van der Waals surface area (Å²) in [5.41, 5.74) is 10.0. The van der Waals surface area contributed by atoms with Crippen molar-refractivity contribution in [1.82, 2.24) is 10.2 Å². The Hall–Kier alpha value is -7.79. The Bertz CT molecular complexity index is 2840. The lowest BCUT2D eigenvalue weighted by molar-refractivity contribution is -0.146. The molecular formula is C63H77BrN4O11. The highest BCUT2D eigenvalue weighted by Crippen LogP contribution is 2.31. The zero-order valence-corrected chi connectivity index (χ0v) is 48.6. The van der Waals surface area contributed by atoms with Gasteiger partial charge in [-0.1, -0.05) is 112 Å². The maximum absolute atomic E-state index is 12.8. The number of nitrogens with zero attached hydrogens (tertiary/aromatic N) is 1. The number of hydrogen-bond acceptors (Lipinski definition) is 14. The average molecular weight is 1150 g/mol. The SMILES string of the molecule is CCOC(=O)C(CCc1ccc(OC)cc1)C(=O)c1ccc(C)cc1.CCOC(=O)CC(=O)c1ccc(C)cc1.CCOc1n[nH]c(-c2ccc(OC)cc2)c1CCc1ccc(OC)cc1.COc1ccc(CCBr)cc1.NN. The lowest BCUT2D eigenvalue weighted by Gasteiger charge is -2.15. The standard InChI is InChI=1S/C21H24N2O3.C21H24O4.C12H14O3.C9H11BrO.H4N2/c1-4-26-21-19(14-7-15-5-10-17(24-2)11-6-15)20(22-23-21)16-8-12-18(25-3)13-9-16;1-4-25-21(23)19(20(22)17-10-5-15(2)6-11-17)14-9-16-7-12-18(24-3)13-8-16;1-3-15-12(14)8-11(13)10-6-4-9(2)5-7-10;1-11-9-4-2-8(3-5-9)6-7-10;1-2/h5-6,8-13H,4,7,14H2,1-3H3,(H,22,23);5-8,10-13,19H,4,9,14H2,1-3H3;4-7H,3,8H2,1-2H3;2-5H,6-7H2,1H3;1-2H2. The molecule has 15 nitrogen and oxygen atoms in total. The maximum Gasteiger partial charge on any atom is 0.316 e. The van der Waals surface area contributed by atoms with E-state index in [1.807, 2.05) is 118 Å². The number of aromatic nitrogens is 2. The molecule has 422 valence electrons. The Morgan fingerprint density at radius 3 is 1.39 bits per heavy atom. The van der Waals surface area contributed by atoms with Gasteiger partial charge in [-0.2, -0.15) is 0 Å². The van der Waals surface area contributed by atoms with Crippen LogP contribution in [0, 0.1) is 19.8 Å². The molecule has 0 saturated heterocycles. The van der Waals surface area contributed by atoms with E-state index in [9.17, 15) is 19.2 Å². The number of nitrogens with one attached hydrogen (secondary N) is 1. The van der Waals surface area contributed by atoms with Crippen LogP contribution in [0.1, 0.15) is 87.7 Å². The molecule has 1 aromatic heterocycles. The van der Waals surface area contributed by atoms with Gasteiger partial charge in [-0.25, -0.2) is 0 Å². The number of methoxy groups -OCH3 is 4. The fourth-order valence-electron chi connectivity index (χ4n) is 7.60. The van der Waals surface area contributed by atoms with E-state index in [1.165, 1.54) is 11.1 Å². The van der Waals surface area contributed by atoms with Crippen LogP contribution in [-0.4, -0.2) is 87.3 Å². The number of alkyl halides is 1. The molecular weight excluding hydrogens is 1070 g/mol. The van der Waals surface area contributed by atoms with Gasteiger partial charge < -0.3 is 33.2 Å². The molecule has 6 aromatic carbocycles. The van der Waals surface area contributed by atoms with Crippen LogP contribution >= 0.6 is 15.9 Å². The summed E-state index contributed by atoms with van der Waals surface area (Å²) in [6.45, 7) is 10.5. The Labute approximate surface area is 474 Å². The number of hydrazine groups is 1. The molecule has 0 fully saturated rings. The van der Waals surface area contributed by atoms with Crippen LogP contribution in [0.2, 0.25) is 0 Å². The number of Topliss-reactive ketones (excluding diaryl/α,β-unsaturated/α-hetero) is 2. The van der Waals surface area contributed by atoms with Gasteiger partial charge in [-0.05, 0) is 144 Å². The fourth-order valence-corrected chi connectivity index (χ4v) is 8.06. The highest BCUT2D eigenvalue weighted by molar-refractivity contribution is 9.09. The summed E-state index contributed by atoms with van der Waals surface area (Å²) in [6, 6.07) is 46.3. The molecule has 5 N–H and O–H groups in total. The molecule has 0 aliphatic rings. The molecule has 0 aliphatic heterocycles. The highest BCUT2D eigenvalue weighted by Gasteiger charge is 2.29. The van der Waals surface area contributed by atoms with Crippen molar-refractivity contribution in [2.45, 2.75) is 73.1 Å². The van der Waals surface area contributed by atoms with Gasteiger partial charge in [0.25, 0.3) is 0 Å². The number of ketones is 2. The molecule has 0 spiro atoms. The minimum absolute atomic E-state index is 0.184. The molecule has 0 saturated carbocycles. The molecule has 1 heterocycles. The molecule has 7 aromatic rings. The van der Waals surface area contributed by atoms with Crippen LogP contribution in [0.3, 0.4) is 0 Å². The zero-order valence-electron chi connectivity index (χ0n) is 47.0. The summed E-state index contributed by atoms with van der Waals surface area (Å²) in [4.78, 5) is 47.6. The molecule has 0 radical (unpaired) electrons. The number of ether oxygens (including phenoxy) is 7. The molecule has 0 aliphatic carbocycles. The largest absolute Gasteiger partial charge is 0.497 e. The van der Waals surface area contributed by atoms with Crippen LogP contribution in [0.4, 0.5) is 0 Å². The van der Waals surface area contributed by atoms with Crippen molar-refractivity contribution < 1.29 is 52.3 Å². The number of hydrogen-bond donors (Lipinski definition) is 3. The van der Waals surface area contributed by atoms with E-state index >= 15 is 0 Å². The van der Waals surface area contributed by atoms with E-state index in [0.29, 0.717) is 43.1 Å². The minimum Gasteiger partial charge on any atom is -0.497 e. The fraction of sp³-hybridized carbons (Fsp3) is 0.317. The van der Waals surface area contributed by atoms with Gasteiger partial charge in [0.15, 0.2) is 11.6 Å². The molecule has 16 heteroatoms. The first kappa shape index (κ1) is 65.5. The van der Waals surface area contributed by atoms with Crippen molar-refractivity contribution in [2.24, 2.45) is 17.6 Å². The first-order valence-electron chi connectivity index (χ1n) is 25.9. The predicted molar refractivity (Wildman–Crippen MR) is 315 cm³/mol. The van der Waals surface area contributed by atoms with E-state index in [-0.39, 0.29) is 24.6 Å². The van der Waals surface area contributed by atoms with Crippen LogP contribution in [0.15, 0.2) is 146 Å². The smallest absolute Gasteiger partial charge is 0.316 e. The summed E-state index contributed by atoms with van der Waals surface area (Å²) in [5, 5.41) is 8.51. The number of rotatable bonds is 23. The Morgan fingerprint density at radius 2 is 0.962 bits per heavy atom. The number of halogens is 1. The summed E-state index contributed by atoms with van der Waals surface area (Å²) in [6.07, 6.45) is 3.65. The number of esters is 2. The predicted octanol–water partition coefficient (Wildman–Crippen LogP) is 11.9. The van der Waals surface area contributed by atoms with Gasteiger partial charge in [0.05, 0.1) is 54.0 Å². The van der Waals surface area contributed by atoms with Gasteiger partial charge in [0.2, 0.25) is 5.88 Å². The van der Waals surface area contributed by atoms with Gasteiger partial charge in [-0.3, -0.25) is 36.0 Å². The molecule has 0 amide bonds. The van der Waals surface area contributed by atoms with Crippen molar-refractivity contribution in [3.8, 4) is 40.1 Å². The van der Waals surface area contributed by atoms with Crippen molar-refractivity contribution in [1.29, 1.82) is 0 Å². The van der Waals surface area contributed by atoms with Crippen molar-refractivity contribution >= 4 is 39.4 Å². The topological polar surface area (TPSA) is 214 Å². The molecule has 79 heavy (non-hydrogen) atoms. The molecule has 1 unspecified atom stereocenters. The number of H-pyrrole nitrogens is 1. The summed E-state index contributed by atoms with van der Waals surface area (Å²) >= 11 is 3.39. The zero-order chi connectivity index (χ0) is 58.0. The second kappa shape index (κ2) is 37.1. The average Bonchev–Trinajstić information content (AvgIpc) is 3.90. The Morgan fingerprint density at radius 1 is 0.532 bits per heavy atom. The van der Waals surface area contributed by atoms with Gasteiger partial charge in [0.1, 0.15) is 35.3 Å². The van der Waals surface area contributed by atoms with Crippen molar-refractivity contribution in [3.63, 3.8) is 0 Å². The van der Waals surface area contributed by atoms with E-state index < -0.39 is 17.9 Å². The van der Waals surface area contributed by atoms with Crippen LogP contribution < -0.4 is 35.4 Å². The van der Waals surface area contributed by atoms with Crippen molar-refractivity contribution in [3.05, 3.63) is 190 Å². The van der Waals surface area contributed by atoms with E-state index in [0.717, 1.165) is 81.1 Å². The minimum atomic E-state index is -0.787. The summed E-state index contributed by atoms with van der Waals surface area (Å²) in [7, 11) is 6.64. The van der Waals surface area contributed by atoms with Gasteiger partial charge in [0, 0.05) is 27.6 Å². The maximum atomic E-state index is 12.8. The third kappa shape index (κ3) is 23.0. The number of carbonyl (C=O) groups is 4. The number of carbonyl (C=O) groups excluding carboxylic acids is 4. The summed E-state index contributed by atoms with van der Waals surface area (Å²) < 4.78 is 36.2. The molecule has 1 atom stereocenters. The lowest BCUT2D eigenvalue weighted by atomic mass is 9.91. The Kier molecular flexibility index (Phi) is 30.8. The van der Waals surface area contributed by atoms with E-state index in [2.05, 4.69) is 62.1 Å².